The van der Waals surface area contributed by atoms with Crippen molar-refractivity contribution in [2.45, 2.75) is 19.5 Å². The first-order chi connectivity index (χ1) is 19.0. The Morgan fingerprint density at radius 3 is 3.00 bits per heavy atom. The van der Waals surface area contributed by atoms with E-state index < -0.39 is 6.09 Å². The Kier molecular flexibility index (Phi) is 7.94. The Hall–Kier alpha value is -4.55. The molecule has 202 valence electrons. The molecule has 3 heterocycles. The third kappa shape index (κ3) is 6.30. The zero-order valence-corrected chi connectivity index (χ0v) is 21.3. The van der Waals surface area contributed by atoms with Crippen molar-refractivity contribution in [3.05, 3.63) is 77.5 Å². The van der Waals surface area contributed by atoms with Gasteiger partial charge in [0, 0.05) is 41.8 Å². The first kappa shape index (κ1) is 26.1. The van der Waals surface area contributed by atoms with Crippen LogP contribution in [0.2, 0.25) is 0 Å². The molecule has 5 rings (SSSR count). The molecule has 2 aromatic carbocycles. The molecule has 0 aliphatic carbocycles. The number of carbonyl (C=O) groups is 1. The van der Waals surface area contributed by atoms with Gasteiger partial charge in [-0.05, 0) is 42.8 Å². The van der Waals surface area contributed by atoms with Crippen LogP contribution in [0.5, 0.6) is 0 Å². The van der Waals surface area contributed by atoms with E-state index in [1.807, 2.05) is 31.2 Å². The molecule has 4 aromatic rings. The summed E-state index contributed by atoms with van der Waals surface area (Å²) in [5, 5.41) is 24.7. The molecule has 0 saturated carbocycles. The minimum atomic E-state index is -0.569. The number of rotatable bonds is 9. The van der Waals surface area contributed by atoms with E-state index in [9.17, 15) is 9.18 Å². The molecule has 0 bridgehead atoms. The molecule has 11 nitrogen and oxygen atoms in total. The highest BCUT2D eigenvalue weighted by atomic mass is 19.1. The largest absolute Gasteiger partial charge is 0.448 e. The lowest BCUT2D eigenvalue weighted by Gasteiger charge is -2.23. The summed E-state index contributed by atoms with van der Waals surface area (Å²) in [6, 6.07) is 11.9. The molecule has 1 fully saturated rings. The normalized spacial score (nSPS) is 15.1. The molecular formula is C27H29FN8O3. The number of nitrogens with zero attached hydrogens (tertiary/aromatic N) is 3. The number of anilines is 4. The maximum atomic E-state index is 13.5. The van der Waals surface area contributed by atoms with Crippen LogP contribution in [0.4, 0.5) is 32.1 Å². The molecule has 0 radical (unpaired) electrons. The maximum Gasteiger partial charge on any atom is 0.411 e. The van der Waals surface area contributed by atoms with Gasteiger partial charge in [0.25, 0.3) is 0 Å². The standard InChI is InChI=1S/C27H29FN8O3/c1-17-24(35-27(37)39-15-22-14-38-8-7-30-22)13-36-25(17)26(32-16-33-36)34-21-5-6-23(19(10-21)11-29)31-12-18-3-2-4-20(28)9-18/h2-6,9-11,13,16,22,29-31H,7-8,12,14-15H2,1H3,(H,35,37)(H,32,33,34)/t22-/m0/s1. The quantitative estimate of drug-likeness (QED) is 0.204. The van der Waals surface area contributed by atoms with Gasteiger partial charge in [0.1, 0.15) is 24.3 Å². The van der Waals surface area contributed by atoms with E-state index in [0.29, 0.717) is 48.0 Å². The molecular weight excluding hydrogens is 503 g/mol. The topological polar surface area (TPSA) is 138 Å². The lowest BCUT2D eigenvalue weighted by molar-refractivity contribution is 0.0494. The zero-order chi connectivity index (χ0) is 27.2. The minimum Gasteiger partial charge on any atom is -0.448 e. The third-order valence-corrected chi connectivity index (χ3v) is 6.32. The predicted molar refractivity (Wildman–Crippen MR) is 147 cm³/mol. The monoisotopic (exact) mass is 532 g/mol. The number of morpholine rings is 1. The van der Waals surface area contributed by atoms with Gasteiger partial charge in [-0.25, -0.2) is 18.7 Å². The first-order valence-corrected chi connectivity index (χ1v) is 12.5. The van der Waals surface area contributed by atoms with Crippen LogP contribution in [0.3, 0.4) is 0 Å². The summed E-state index contributed by atoms with van der Waals surface area (Å²) < 4.78 is 25.9. The predicted octanol–water partition coefficient (Wildman–Crippen LogP) is 4.07. The van der Waals surface area contributed by atoms with E-state index in [1.165, 1.54) is 24.7 Å². The van der Waals surface area contributed by atoms with Crippen molar-refractivity contribution >= 4 is 40.7 Å². The fourth-order valence-electron chi connectivity index (χ4n) is 4.33. The number of ether oxygens (including phenoxy) is 2. The number of hydrogen-bond donors (Lipinski definition) is 5. The summed E-state index contributed by atoms with van der Waals surface area (Å²) in [5.74, 6) is 0.240. The van der Waals surface area contributed by atoms with E-state index in [0.717, 1.165) is 23.4 Å². The SMILES string of the molecule is Cc1c(NC(=O)OC[C@@H]2COCCN2)cn2ncnc(Nc3ccc(NCc4cccc(F)c4)c(C=N)c3)c12. The molecule has 1 aliphatic rings. The second kappa shape index (κ2) is 11.9. The van der Waals surface area contributed by atoms with E-state index in [1.54, 1.807) is 16.8 Å². The second-order valence-electron chi connectivity index (χ2n) is 9.07. The Labute approximate surface area is 224 Å². The van der Waals surface area contributed by atoms with E-state index in [-0.39, 0.29) is 18.5 Å². The Morgan fingerprint density at radius 1 is 1.31 bits per heavy atom. The fraction of sp³-hybridized carbons (Fsp3) is 0.259. The average molecular weight is 533 g/mol. The van der Waals surface area contributed by atoms with Gasteiger partial charge < -0.3 is 30.8 Å². The Morgan fingerprint density at radius 2 is 2.21 bits per heavy atom. The van der Waals surface area contributed by atoms with Crippen molar-refractivity contribution in [1.82, 2.24) is 19.9 Å². The Balaban J connectivity index is 1.28. The molecule has 39 heavy (non-hydrogen) atoms. The highest BCUT2D eigenvalue weighted by Gasteiger charge is 2.18. The number of carbonyl (C=O) groups excluding carboxylic acids is 1. The van der Waals surface area contributed by atoms with Crippen LogP contribution in [0.1, 0.15) is 16.7 Å². The lowest BCUT2D eigenvalue weighted by atomic mass is 10.1. The molecule has 12 heteroatoms. The van der Waals surface area contributed by atoms with Gasteiger partial charge in [-0.2, -0.15) is 5.10 Å². The minimum absolute atomic E-state index is 0.0332. The van der Waals surface area contributed by atoms with Gasteiger partial charge >= 0.3 is 6.09 Å². The van der Waals surface area contributed by atoms with E-state index in [2.05, 4.69) is 31.3 Å². The summed E-state index contributed by atoms with van der Waals surface area (Å²) in [6.45, 7) is 4.35. The van der Waals surface area contributed by atoms with Gasteiger partial charge in [0.15, 0.2) is 5.82 Å². The van der Waals surface area contributed by atoms with Gasteiger partial charge in [-0.15, -0.1) is 0 Å². The number of aromatic nitrogens is 3. The van der Waals surface area contributed by atoms with Gasteiger partial charge in [0.2, 0.25) is 0 Å². The van der Waals surface area contributed by atoms with E-state index in [4.69, 9.17) is 14.9 Å². The van der Waals surface area contributed by atoms with Crippen molar-refractivity contribution in [1.29, 1.82) is 5.41 Å². The molecule has 0 spiro atoms. The van der Waals surface area contributed by atoms with E-state index >= 15 is 0 Å². The smallest absolute Gasteiger partial charge is 0.411 e. The average Bonchev–Trinajstić information content (AvgIpc) is 3.27. The highest BCUT2D eigenvalue weighted by Crippen LogP contribution is 2.29. The summed E-state index contributed by atoms with van der Waals surface area (Å²) in [4.78, 5) is 16.8. The lowest BCUT2D eigenvalue weighted by Crippen LogP contribution is -2.44. The molecule has 1 aliphatic heterocycles. The number of nitrogens with one attached hydrogen (secondary N) is 5. The van der Waals surface area contributed by atoms with Crippen molar-refractivity contribution in [3.8, 4) is 0 Å². The van der Waals surface area contributed by atoms with Crippen LogP contribution in [0.15, 0.2) is 55.0 Å². The first-order valence-electron chi connectivity index (χ1n) is 12.5. The second-order valence-corrected chi connectivity index (χ2v) is 9.07. The van der Waals surface area contributed by atoms with Crippen LogP contribution in [-0.2, 0) is 16.0 Å². The summed E-state index contributed by atoms with van der Waals surface area (Å²) in [6.07, 6.45) is 3.79. The zero-order valence-electron chi connectivity index (χ0n) is 21.3. The molecule has 1 atom stereocenters. The Bertz CT molecular complexity index is 1490. The summed E-state index contributed by atoms with van der Waals surface area (Å²) >= 11 is 0. The van der Waals surface area contributed by atoms with Crippen LogP contribution < -0.4 is 21.3 Å². The van der Waals surface area contributed by atoms with Gasteiger partial charge in [-0.1, -0.05) is 12.1 Å². The number of halogens is 1. The third-order valence-electron chi connectivity index (χ3n) is 6.32. The van der Waals surface area contributed by atoms with Crippen molar-refractivity contribution in [2.24, 2.45) is 0 Å². The van der Waals surface area contributed by atoms with Crippen LogP contribution in [0, 0.1) is 18.2 Å². The molecule has 0 unspecified atom stereocenters. The number of aryl methyl sites for hydroxylation is 1. The summed E-state index contributed by atoms with van der Waals surface area (Å²) in [5.41, 5.74) is 4.89. The van der Waals surface area contributed by atoms with Crippen LogP contribution >= 0.6 is 0 Å². The van der Waals surface area contributed by atoms with Gasteiger partial charge in [0.05, 0.1) is 31.1 Å². The number of amides is 1. The number of hydrogen-bond acceptors (Lipinski definition) is 9. The van der Waals surface area contributed by atoms with Crippen LogP contribution in [0.25, 0.3) is 5.52 Å². The highest BCUT2D eigenvalue weighted by molar-refractivity contribution is 5.91. The molecule has 1 saturated heterocycles. The molecule has 2 aromatic heterocycles. The maximum absolute atomic E-state index is 13.5. The van der Waals surface area contributed by atoms with Gasteiger partial charge in [-0.3, -0.25) is 5.32 Å². The number of fused-ring (bicyclic) bond motifs is 1. The number of benzene rings is 2. The fourth-order valence-corrected chi connectivity index (χ4v) is 4.33. The molecule has 1 amide bonds. The van der Waals surface area contributed by atoms with Crippen molar-refractivity contribution < 1.29 is 18.7 Å². The van der Waals surface area contributed by atoms with Crippen LogP contribution in [-0.4, -0.2) is 59.3 Å². The van der Waals surface area contributed by atoms with Crippen molar-refractivity contribution in [2.75, 3.05) is 42.3 Å². The molecule has 5 N–H and O–H groups in total. The summed E-state index contributed by atoms with van der Waals surface area (Å²) in [7, 11) is 0. The van der Waals surface area contributed by atoms with Crippen molar-refractivity contribution in [3.63, 3.8) is 0 Å².